The van der Waals surface area contributed by atoms with Gasteiger partial charge in [-0.15, -0.1) is 6.58 Å². The zero-order valence-corrected chi connectivity index (χ0v) is 20.3. The highest BCUT2D eigenvalue weighted by molar-refractivity contribution is 5.94. The summed E-state index contributed by atoms with van der Waals surface area (Å²) in [5.74, 6) is 2.15. The minimum Gasteiger partial charge on any atom is -0.493 e. The third-order valence-corrected chi connectivity index (χ3v) is 5.85. The molecule has 0 radical (unpaired) electrons. The SMILES string of the molecule is C=CCc1ccc(OCCCn2c(CNC(=O)c3ccc(C)cc3)nc3ccccc32)c(OC)c1. The Bertz CT molecular complexity index is 1310. The summed E-state index contributed by atoms with van der Waals surface area (Å²) in [5.41, 5.74) is 4.84. The Labute approximate surface area is 206 Å². The molecule has 4 rings (SSSR count). The molecule has 0 atom stereocenters. The maximum absolute atomic E-state index is 12.6. The molecule has 0 saturated heterocycles. The van der Waals surface area contributed by atoms with E-state index in [2.05, 4.69) is 22.5 Å². The smallest absolute Gasteiger partial charge is 0.251 e. The number of fused-ring (bicyclic) bond motifs is 1. The number of para-hydroxylation sites is 2. The van der Waals surface area contributed by atoms with Gasteiger partial charge in [0.1, 0.15) is 5.82 Å². The van der Waals surface area contributed by atoms with E-state index in [9.17, 15) is 4.79 Å². The summed E-state index contributed by atoms with van der Waals surface area (Å²) in [7, 11) is 1.65. The minimum absolute atomic E-state index is 0.112. The number of methoxy groups -OCH3 is 1. The van der Waals surface area contributed by atoms with Crippen molar-refractivity contribution in [2.24, 2.45) is 0 Å². The number of imidazole rings is 1. The van der Waals surface area contributed by atoms with Crippen molar-refractivity contribution < 1.29 is 14.3 Å². The zero-order valence-electron chi connectivity index (χ0n) is 20.3. The van der Waals surface area contributed by atoms with Crippen LogP contribution in [-0.4, -0.2) is 29.2 Å². The van der Waals surface area contributed by atoms with Crippen LogP contribution in [0.2, 0.25) is 0 Å². The summed E-state index contributed by atoms with van der Waals surface area (Å²) >= 11 is 0. The van der Waals surface area contributed by atoms with Crippen LogP contribution in [0.3, 0.4) is 0 Å². The van der Waals surface area contributed by atoms with Crippen molar-refractivity contribution in [2.45, 2.75) is 32.9 Å². The number of aryl methyl sites for hydroxylation is 2. The highest BCUT2D eigenvalue weighted by Crippen LogP contribution is 2.28. The van der Waals surface area contributed by atoms with Crippen molar-refractivity contribution in [3.63, 3.8) is 0 Å². The number of benzene rings is 3. The first-order chi connectivity index (χ1) is 17.1. The molecule has 0 aliphatic carbocycles. The van der Waals surface area contributed by atoms with Crippen LogP contribution in [-0.2, 0) is 19.5 Å². The van der Waals surface area contributed by atoms with Crippen molar-refractivity contribution in [1.29, 1.82) is 0 Å². The molecule has 1 aromatic heterocycles. The first-order valence-corrected chi connectivity index (χ1v) is 11.8. The highest BCUT2D eigenvalue weighted by atomic mass is 16.5. The second kappa shape index (κ2) is 11.4. The Morgan fingerprint density at radius 3 is 2.66 bits per heavy atom. The monoisotopic (exact) mass is 469 g/mol. The van der Waals surface area contributed by atoms with Crippen molar-refractivity contribution in [2.75, 3.05) is 13.7 Å². The lowest BCUT2D eigenvalue weighted by Crippen LogP contribution is -2.25. The predicted molar refractivity (Wildman–Crippen MR) is 139 cm³/mol. The van der Waals surface area contributed by atoms with Crippen LogP contribution in [0.5, 0.6) is 11.5 Å². The number of nitrogens with one attached hydrogen (secondary N) is 1. The number of amides is 1. The van der Waals surface area contributed by atoms with E-state index in [4.69, 9.17) is 14.5 Å². The first-order valence-electron chi connectivity index (χ1n) is 11.8. The molecule has 0 unspecified atom stereocenters. The normalized spacial score (nSPS) is 10.8. The molecule has 3 aromatic carbocycles. The standard InChI is InChI=1S/C29H31N3O3/c1-4-8-22-13-16-26(27(19-22)34-3)35-18-7-17-32-25-10-6-5-9-24(25)31-28(32)20-30-29(33)23-14-11-21(2)12-15-23/h4-6,9-16,19H,1,7-8,17-18,20H2,2-3H3,(H,30,33). The lowest BCUT2D eigenvalue weighted by atomic mass is 10.1. The number of ether oxygens (including phenoxy) is 2. The van der Waals surface area contributed by atoms with Crippen LogP contribution in [0.1, 0.15) is 33.7 Å². The van der Waals surface area contributed by atoms with Gasteiger partial charge in [-0.1, -0.05) is 42.0 Å². The van der Waals surface area contributed by atoms with Crippen LogP contribution in [0.4, 0.5) is 0 Å². The molecule has 0 fully saturated rings. The molecule has 0 saturated carbocycles. The lowest BCUT2D eigenvalue weighted by molar-refractivity contribution is 0.0949. The lowest BCUT2D eigenvalue weighted by Gasteiger charge is -2.13. The topological polar surface area (TPSA) is 65.4 Å². The third-order valence-electron chi connectivity index (χ3n) is 5.85. The van der Waals surface area contributed by atoms with Crippen LogP contribution in [0, 0.1) is 6.92 Å². The molecule has 0 spiro atoms. The minimum atomic E-state index is -0.112. The van der Waals surface area contributed by atoms with Crippen molar-refractivity contribution in [3.05, 3.63) is 102 Å². The van der Waals surface area contributed by atoms with Gasteiger partial charge in [0.15, 0.2) is 11.5 Å². The van der Waals surface area contributed by atoms with E-state index >= 15 is 0 Å². The van der Waals surface area contributed by atoms with Crippen LogP contribution < -0.4 is 14.8 Å². The maximum Gasteiger partial charge on any atom is 0.251 e. The fourth-order valence-corrected chi connectivity index (χ4v) is 4.01. The molecule has 6 nitrogen and oxygen atoms in total. The Hall–Kier alpha value is -4.06. The van der Waals surface area contributed by atoms with Gasteiger partial charge >= 0.3 is 0 Å². The molecule has 1 amide bonds. The molecule has 35 heavy (non-hydrogen) atoms. The Morgan fingerprint density at radius 1 is 1.09 bits per heavy atom. The van der Waals surface area contributed by atoms with Gasteiger partial charge in [0, 0.05) is 12.1 Å². The van der Waals surface area contributed by atoms with E-state index in [0.29, 0.717) is 25.3 Å². The van der Waals surface area contributed by atoms with Crippen molar-refractivity contribution in [1.82, 2.24) is 14.9 Å². The summed E-state index contributed by atoms with van der Waals surface area (Å²) in [6.45, 7) is 7.38. The van der Waals surface area contributed by atoms with Gasteiger partial charge in [-0.05, 0) is 61.7 Å². The summed E-state index contributed by atoms with van der Waals surface area (Å²) in [5, 5.41) is 3.01. The molecule has 1 N–H and O–H groups in total. The summed E-state index contributed by atoms with van der Waals surface area (Å²) in [4.78, 5) is 17.4. The number of aromatic nitrogens is 2. The molecule has 0 aliphatic rings. The fraction of sp³-hybridized carbons (Fsp3) is 0.241. The Kier molecular flexibility index (Phi) is 7.83. The van der Waals surface area contributed by atoms with Gasteiger partial charge in [0.25, 0.3) is 5.91 Å². The van der Waals surface area contributed by atoms with Gasteiger partial charge in [-0.25, -0.2) is 4.98 Å². The first kappa shape index (κ1) is 24.1. The molecule has 0 aliphatic heterocycles. The number of carbonyl (C=O) groups excluding carboxylic acids is 1. The zero-order chi connectivity index (χ0) is 24.6. The van der Waals surface area contributed by atoms with Gasteiger partial charge in [-0.2, -0.15) is 0 Å². The van der Waals surface area contributed by atoms with Crippen LogP contribution in [0.15, 0.2) is 79.4 Å². The molecule has 4 aromatic rings. The molecule has 6 heteroatoms. The molecular formula is C29H31N3O3. The number of allylic oxidation sites excluding steroid dienone is 1. The number of carbonyl (C=O) groups is 1. The summed E-state index contributed by atoms with van der Waals surface area (Å²) in [6.07, 6.45) is 3.43. The number of rotatable bonds is 11. The average Bonchev–Trinajstić information content (AvgIpc) is 3.23. The predicted octanol–water partition coefficient (Wildman–Crippen LogP) is 5.48. The number of hydrogen-bond donors (Lipinski definition) is 1. The van der Waals surface area contributed by atoms with Crippen molar-refractivity contribution >= 4 is 16.9 Å². The fourth-order valence-electron chi connectivity index (χ4n) is 4.01. The van der Waals surface area contributed by atoms with Gasteiger partial charge < -0.3 is 19.4 Å². The number of nitrogens with zero attached hydrogens (tertiary/aromatic N) is 2. The number of hydrogen-bond acceptors (Lipinski definition) is 4. The van der Waals surface area contributed by atoms with E-state index in [1.54, 1.807) is 7.11 Å². The quantitative estimate of drug-likeness (QED) is 0.233. The van der Waals surface area contributed by atoms with Crippen molar-refractivity contribution in [3.8, 4) is 11.5 Å². The van der Waals surface area contributed by atoms with Gasteiger partial charge in [0.2, 0.25) is 0 Å². The second-order valence-corrected chi connectivity index (χ2v) is 8.40. The maximum atomic E-state index is 12.6. The van der Waals surface area contributed by atoms with E-state index in [1.165, 1.54) is 0 Å². The summed E-state index contributed by atoms with van der Waals surface area (Å²) < 4.78 is 13.7. The Balaban J connectivity index is 1.41. The van der Waals surface area contributed by atoms with Crippen LogP contribution in [0.25, 0.3) is 11.0 Å². The van der Waals surface area contributed by atoms with Crippen LogP contribution >= 0.6 is 0 Å². The molecule has 1 heterocycles. The van der Waals surface area contributed by atoms with E-state index in [1.807, 2.05) is 73.7 Å². The van der Waals surface area contributed by atoms with Gasteiger partial charge in [-0.3, -0.25) is 4.79 Å². The Morgan fingerprint density at radius 2 is 1.89 bits per heavy atom. The second-order valence-electron chi connectivity index (χ2n) is 8.40. The summed E-state index contributed by atoms with van der Waals surface area (Å²) in [6, 6.07) is 21.5. The largest absolute Gasteiger partial charge is 0.493 e. The van der Waals surface area contributed by atoms with E-state index in [-0.39, 0.29) is 5.91 Å². The molecule has 0 bridgehead atoms. The highest BCUT2D eigenvalue weighted by Gasteiger charge is 2.13. The average molecular weight is 470 g/mol. The third kappa shape index (κ3) is 5.90. The van der Waals surface area contributed by atoms with E-state index < -0.39 is 0 Å². The van der Waals surface area contributed by atoms with E-state index in [0.717, 1.165) is 52.3 Å². The van der Waals surface area contributed by atoms with Gasteiger partial charge in [0.05, 0.1) is 31.3 Å². The molecule has 180 valence electrons. The molecular weight excluding hydrogens is 438 g/mol.